The Bertz CT molecular complexity index is 642. The van der Waals surface area contributed by atoms with Crippen LogP contribution in [0.25, 0.3) is 0 Å². The molecule has 1 aliphatic rings. The van der Waals surface area contributed by atoms with Crippen molar-refractivity contribution in [2.45, 2.75) is 18.9 Å². The summed E-state index contributed by atoms with van der Waals surface area (Å²) in [6.45, 7) is 1.74. The fourth-order valence-corrected chi connectivity index (χ4v) is 4.44. The van der Waals surface area contributed by atoms with Crippen LogP contribution in [0.3, 0.4) is 0 Å². The molecule has 1 fully saturated rings. The van der Waals surface area contributed by atoms with Crippen molar-refractivity contribution in [1.82, 2.24) is 5.32 Å². The molecule has 3 N–H and O–H groups in total. The fourth-order valence-electron chi connectivity index (χ4n) is 2.35. The molecule has 1 atom stereocenters. The summed E-state index contributed by atoms with van der Waals surface area (Å²) in [5, 5.41) is 2.78. The topological polar surface area (TPSA) is 98.5 Å². The molecular formula is C13H18N2O4S. The van der Waals surface area contributed by atoms with Crippen LogP contribution in [0.15, 0.2) is 18.2 Å². The molecule has 1 saturated heterocycles. The maximum atomic E-state index is 12.3. The third-order valence-electron chi connectivity index (χ3n) is 3.39. The Morgan fingerprint density at radius 1 is 1.45 bits per heavy atom. The molecule has 0 bridgehead atoms. The number of hydrogen-bond donors (Lipinski definition) is 2. The molecule has 1 heterocycles. The molecule has 0 aliphatic carbocycles. The second kappa shape index (κ2) is 4.97. The van der Waals surface area contributed by atoms with Gasteiger partial charge < -0.3 is 15.8 Å². The Morgan fingerprint density at radius 2 is 2.15 bits per heavy atom. The summed E-state index contributed by atoms with van der Waals surface area (Å²) in [7, 11) is -1.62. The first-order chi connectivity index (χ1) is 9.25. The van der Waals surface area contributed by atoms with Crippen molar-refractivity contribution < 1.29 is 17.9 Å². The van der Waals surface area contributed by atoms with Crippen molar-refractivity contribution in [1.29, 1.82) is 0 Å². The number of benzene rings is 1. The maximum Gasteiger partial charge on any atom is 0.255 e. The van der Waals surface area contributed by atoms with Gasteiger partial charge >= 0.3 is 0 Å². The maximum absolute atomic E-state index is 12.3. The van der Waals surface area contributed by atoms with E-state index in [9.17, 15) is 13.2 Å². The summed E-state index contributed by atoms with van der Waals surface area (Å²) in [6.07, 6.45) is 0.415. The van der Waals surface area contributed by atoms with Crippen LogP contribution in [0.1, 0.15) is 23.7 Å². The van der Waals surface area contributed by atoms with E-state index in [1.165, 1.54) is 7.11 Å². The standard InChI is InChI=1S/C13H18N2O4S/c1-13(5-6-20(17,18)8-13)15-12(16)10-4-3-9(14)7-11(10)19-2/h3-4,7H,5-6,8,14H2,1-2H3,(H,15,16). The Hall–Kier alpha value is -1.76. The number of sulfone groups is 1. The third kappa shape index (κ3) is 3.04. The molecule has 0 spiro atoms. The lowest BCUT2D eigenvalue weighted by Crippen LogP contribution is -2.47. The summed E-state index contributed by atoms with van der Waals surface area (Å²) in [5.41, 5.74) is 5.74. The summed E-state index contributed by atoms with van der Waals surface area (Å²) in [5.74, 6) is 0.0690. The third-order valence-corrected chi connectivity index (χ3v) is 5.29. The van der Waals surface area contributed by atoms with Crippen molar-refractivity contribution in [3.8, 4) is 5.75 Å². The second-order valence-corrected chi connectivity index (χ2v) is 7.50. The van der Waals surface area contributed by atoms with Crippen LogP contribution in [0, 0.1) is 0 Å². The molecule has 0 aromatic heterocycles. The minimum absolute atomic E-state index is 0.0387. The van der Waals surface area contributed by atoms with Crippen molar-refractivity contribution in [2.75, 3.05) is 24.3 Å². The second-order valence-electron chi connectivity index (χ2n) is 5.32. The summed E-state index contributed by atoms with van der Waals surface area (Å²) in [4.78, 5) is 12.3. The first-order valence-electron chi connectivity index (χ1n) is 6.21. The van der Waals surface area contributed by atoms with E-state index in [-0.39, 0.29) is 17.4 Å². The monoisotopic (exact) mass is 298 g/mol. The van der Waals surface area contributed by atoms with Gasteiger partial charge in [0.05, 0.1) is 29.7 Å². The molecule has 1 unspecified atom stereocenters. The first kappa shape index (κ1) is 14.6. The lowest BCUT2D eigenvalue weighted by Gasteiger charge is -2.24. The zero-order valence-electron chi connectivity index (χ0n) is 11.5. The highest BCUT2D eigenvalue weighted by atomic mass is 32.2. The lowest BCUT2D eigenvalue weighted by atomic mass is 10.0. The molecule has 0 saturated carbocycles. The number of rotatable bonds is 3. The SMILES string of the molecule is COc1cc(N)ccc1C(=O)NC1(C)CCS(=O)(=O)C1. The Morgan fingerprint density at radius 3 is 2.70 bits per heavy atom. The zero-order chi connectivity index (χ0) is 15.0. The number of methoxy groups -OCH3 is 1. The predicted molar refractivity (Wildman–Crippen MR) is 76.5 cm³/mol. The van der Waals surface area contributed by atoms with Gasteiger partial charge in [0.25, 0.3) is 5.91 Å². The number of anilines is 1. The quantitative estimate of drug-likeness (QED) is 0.796. The number of nitrogen functional groups attached to an aromatic ring is 1. The van der Waals surface area contributed by atoms with E-state index < -0.39 is 15.4 Å². The Kier molecular flexibility index (Phi) is 3.64. The molecule has 1 aromatic rings. The van der Waals surface area contributed by atoms with Gasteiger partial charge in [-0.1, -0.05) is 0 Å². The van der Waals surface area contributed by atoms with E-state index in [2.05, 4.69) is 5.32 Å². The van der Waals surface area contributed by atoms with Crippen LogP contribution in [0.4, 0.5) is 5.69 Å². The van der Waals surface area contributed by atoms with Gasteiger partial charge in [0, 0.05) is 11.8 Å². The Balaban J connectivity index is 2.21. The van der Waals surface area contributed by atoms with Crippen molar-refractivity contribution in [2.24, 2.45) is 0 Å². The minimum Gasteiger partial charge on any atom is -0.496 e. The molecule has 6 nitrogen and oxygen atoms in total. The van der Waals surface area contributed by atoms with Crippen LogP contribution in [0.5, 0.6) is 5.75 Å². The van der Waals surface area contributed by atoms with E-state index >= 15 is 0 Å². The average Bonchev–Trinajstić information content (AvgIpc) is 2.62. The van der Waals surface area contributed by atoms with E-state index in [1.807, 2.05) is 0 Å². The molecule has 1 aromatic carbocycles. The largest absolute Gasteiger partial charge is 0.496 e. The predicted octanol–water partition coefficient (Wildman–Crippen LogP) is 0.584. The molecule has 20 heavy (non-hydrogen) atoms. The molecule has 2 rings (SSSR count). The Labute approximate surface area is 118 Å². The summed E-state index contributed by atoms with van der Waals surface area (Å²) < 4.78 is 28.2. The van der Waals surface area contributed by atoms with E-state index in [4.69, 9.17) is 10.5 Å². The van der Waals surface area contributed by atoms with Crippen LogP contribution in [-0.2, 0) is 9.84 Å². The van der Waals surface area contributed by atoms with E-state index in [0.717, 1.165) is 0 Å². The van der Waals surface area contributed by atoms with Gasteiger partial charge in [0.15, 0.2) is 9.84 Å². The molecule has 1 aliphatic heterocycles. The summed E-state index contributed by atoms with van der Waals surface area (Å²) in [6, 6.07) is 4.73. The lowest BCUT2D eigenvalue weighted by molar-refractivity contribution is 0.0912. The number of carbonyl (C=O) groups excluding carboxylic acids is 1. The van der Waals surface area contributed by atoms with Crippen LogP contribution < -0.4 is 15.8 Å². The molecule has 1 amide bonds. The van der Waals surface area contributed by atoms with Gasteiger partial charge in [0.2, 0.25) is 0 Å². The number of nitrogens with one attached hydrogen (secondary N) is 1. The molecule has 110 valence electrons. The van der Waals surface area contributed by atoms with Gasteiger partial charge in [-0.15, -0.1) is 0 Å². The van der Waals surface area contributed by atoms with Gasteiger partial charge in [-0.3, -0.25) is 4.79 Å². The normalized spacial score (nSPS) is 24.3. The number of ether oxygens (including phenoxy) is 1. The number of carbonyl (C=O) groups is 1. The van der Waals surface area contributed by atoms with Crippen LogP contribution >= 0.6 is 0 Å². The van der Waals surface area contributed by atoms with Crippen molar-refractivity contribution in [3.63, 3.8) is 0 Å². The van der Waals surface area contributed by atoms with Crippen molar-refractivity contribution in [3.05, 3.63) is 23.8 Å². The van der Waals surface area contributed by atoms with Crippen LogP contribution in [-0.4, -0.2) is 38.5 Å². The van der Waals surface area contributed by atoms with E-state index in [0.29, 0.717) is 23.4 Å². The van der Waals surface area contributed by atoms with E-state index in [1.54, 1.807) is 25.1 Å². The molecule has 0 radical (unpaired) electrons. The average molecular weight is 298 g/mol. The molecule has 7 heteroatoms. The zero-order valence-corrected chi connectivity index (χ0v) is 12.3. The van der Waals surface area contributed by atoms with Gasteiger partial charge in [-0.25, -0.2) is 8.42 Å². The van der Waals surface area contributed by atoms with Crippen molar-refractivity contribution >= 4 is 21.4 Å². The van der Waals surface area contributed by atoms with Crippen LogP contribution in [0.2, 0.25) is 0 Å². The minimum atomic E-state index is -3.07. The highest BCUT2D eigenvalue weighted by Crippen LogP contribution is 2.26. The highest BCUT2D eigenvalue weighted by Gasteiger charge is 2.39. The number of nitrogens with two attached hydrogens (primary N) is 1. The summed E-state index contributed by atoms with van der Waals surface area (Å²) >= 11 is 0. The smallest absolute Gasteiger partial charge is 0.255 e. The number of amides is 1. The van der Waals surface area contributed by atoms with Gasteiger partial charge in [-0.2, -0.15) is 0 Å². The first-order valence-corrected chi connectivity index (χ1v) is 8.03. The fraction of sp³-hybridized carbons (Fsp3) is 0.462. The highest BCUT2D eigenvalue weighted by molar-refractivity contribution is 7.91. The van der Waals surface area contributed by atoms with Gasteiger partial charge in [-0.05, 0) is 25.5 Å². The van der Waals surface area contributed by atoms with Gasteiger partial charge in [0.1, 0.15) is 5.75 Å². The molecular weight excluding hydrogens is 280 g/mol. The number of hydrogen-bond acceptors (Lipinski definition) is 5.